The van der Waals surface area contributed by atoms with Crippen LogP contribution in [0.5, 0.6) is 0 Å². The first-order chi connectivity index (χ1) is 57.0. The maximum Gasteiger partial charge on any atom is 0.160 e. The molecule has 0 saturated carbocycles. The van der Waals surface area contributed by atoms with E-state index in [1.807, 2.05) is 119 Å². The van der Waals surface area contributed by atoms with Gasteiger partial charge in [-0.15, -0.1) is 34.0 Å². The first-order valence-electron chi connectivity index (χ1n) is 38.5. The number of nitrogens with zero attached hydrogens (tertiary/aromatic N) is 9. The molecule has 11 aromatic heterocycles. The van der Waals surface area contributed by atoms with Gasteiger partial charge in [0.05, 0.1) is 61.4 Å². The zero-order valence-corrected chi connectivity index (χ0v) is 64.1. The van der Waals surface area contributed by atoms with Gasteiger partial charge in [0.1, 0.15) is 11.5 Å². The summed E-state index contributed by atoms with van der Waals surface area (Å²) in [4.78, 5) is 24.6. The van der Waals surface area contributed by atoms with E-state index < -0.39 is 0 Å². The molecule has 0 aliphatic carbocycles. The van der Waals surface area contributed by atoms with Crippen LogP contribution in [-0.2, 0) is 0 Å². The van der Waals surface area contributed by atoms with Crippen molar-refractivity contribution in [3.8, 4) is 73.6 Å². The van der Waals surface area contributed by atoms with Crippen LogP contribution in [0.4, 0.5) is 0 Å². The summed E-state index contributed by atoms with van der Waals surface area (Å²) in [6.45, 7) is 0. The number of imidazole rings is 1. The molecule has 12 heteroatoms. The topological polar surface area (TPSA) is 83.6 Å². The Bertz CT molecular complexity index is 8080. The molecular weight excluding hydrogens is 1460 g/mol. The summed E-state index contributed by atoms with van der Waals surface area (Å²) in [7, 11) is 0. The fourth-order valence-corrected chi connectivity index (χ4v) is 20.9. The molecule has 0 aliphatic rings. The Kier molecular flexibility index (Phi) is 15.6. The zero-order valence-electron chi connectivity index (χ0n) is 61.6. The lowest BCUT2D eigenvalue weighted by atomic mass is 10.1. The minimum absolute atomic E-state index is 0.723. The number of fused-ring (bicyclic) bond motifs is 23. The third-order valence-corrected chi connectivity index (χ3v) is 26.0. The molecule has 0 aliphatic heterocycles. The van der Waals surface area contributed by atoms with Crippen LogP contribution in [0.25, 0.3) is 216 Å². The first-order valence-corrected chi connectivity index (χ1v) is 40.9. The van der Waals surface area contributed by atoms with Crippen LogP contribution in [0.15, 0.2) is 383 Å². The molecule has 0 bridgehead atoms. The lowest BCUT2D eigenvalue weighted by molar-refractivity contribution is 1.08. The average Bonchev–Trinajstić information content (AvgIpc) is 1.57. The smallest absolute Gasteiger partial charge is 0.160 e. The first kappa shape index (κ1) is 66.3. The molecule has 0 unspecified atom stereocenters. The number of benzene rings is 14. The van der Waals surface area contributed by atoms with E-state index >= 15 is 0 Å². The molecule has 25 rings (SSSR count). The van der Waals surface area contributed by atoms with Crippen molar-refractivity contribution in [3.05, 3.63) is 383 Å². The molecule has 11 heterocycles. The van der Waals surface area contributed by atoms with Crippen LogP contribution in [0, 0.1) is 0 Å². The van der Waals surface area contributed by atoms with Gasteiger partial charge in [-0.1, -0.05) is 243 Å². The van der Waals surface area contributed by atoms with Crippen molar-refractivity contribution >= 4 is 176 Å². The Morgan fingerprint density at radius 2 is 0.687 bits per heavy atom. The standard InChI is InChI=1S/C40H25N3S.C32H19N3S.C31H19N3S/c1-3-11-26(12-4-1)33-25-34(42-40(41-33)28-13-5-2-6-14-28)27-19-21-29(22-20-27)43-35-17-9-7-16-32(35)38-36(43)24-23-31-30-15-8-10-18-37(30)44-39(31)38;1-4-11-25-20(8-1)18-21(19-33-25)26-12-7-15-30(34-26)35-27-13-5-2-10-24(27)31-28(35)17-16-23-22-9-3-6-14-29(22)36-32(23)31;1-3-9-26-24(8-1)30-27(17-16-23-22-7-2-4-10-28(22)35-31(23)30)34(26)21-14-12-20(13-15-21)25-19-33-18-6-5-11-29(33)32-25/h1-25H;1-19H;1-19H. The lowest BCUT2D eigenvalue weighted by Gasteiger charge is -2.11. The minimum atomic E-state index is 0.723. The molecule has 538 valence electrons. The molecule has 14 aromatic carbocycles. The Hall–Kier alpha value is -14.5. The summed E-state index contributed by atoms with van der Waals surface area (Å²) < 4.78 is 17.2. The van der Waals surface area contributed by atoms with Crippen molar-refractivity contribution in [2.24, 2.45) is 0 Å². The second-order valence-electron chi connectivity index (χ2n) is 29.0. The van der Waals surface area contributed by atoms with Gasteiger partial charge in [-0.25, -0.2) is 19.9 Å². The average molecular weight is 1520 g/mol. The summed E-state index contributed by atoms with van der Waals surface area (Å²) in [5, 5.41) is 16.8. The molecule has 0 atom stereocenters. The summed E-state index contributed by atoms with van der Waals surface area (Å²) in [6, 6.07) is 129. The summed E-state index contributed by atoms with van der Waals surface area (Å²) in [5.74, 6) is 1.63. The largest absolute Gasteiger partial charge is 0.309 e. The highest BCUT2D eigenvalue weighted by molar-refractivity contribution is 7.27. The number of hydrogen-bond donors (Lipinski definition) is 0. The monoisotopic (exact) mass is 1520 g/mol. The Balaban J connectivity index is 0.000000103. The van der Waals surface area contributed by atoms with E-state index in [2.05, 4.69) is 320 Å². The molecule has 0 amide bonds. The highest BCUT2D eigenvalue weighted by Crippen LogP contribution is 2.48. The summed E-state index contributed by atoms with van der Waals surface area (Å²) in [6.07, 6.45) is 6.04. The molecule has 9 nitrogen and oxygen atoms in total. The second kappa shape index (κ2) is 27.2. The predicted octanol–water partition coefficient (Wildman–Crippen LogP) is 28.2. The predicted molar refractivity (Wildman–Crippen MR) is 486 cm³/mol. The van der Waals surface area contributed by atoms with Crippen molar-refractivity contribution in [2.45, 2.75) is 0 Å². The number of thiophene rings is 3. The highest BCUT2D eigenvalue weighted by Gasteiger charge is 2.23. The number of rotatable bonds is 8. The number of aromatic nitrogens is 9. The quantitative estimate of drug-likeness (QED) is 0.151. The third-order valence-electron chi connectivity index (χ3n) is 22.4. The highest BCUT2D eigenvalue weighted by atomic mass is 32.1. The van der Waals surface area contributed by atoms with Gasteiger partial charge in [-0.2, -0.15) is 0 Å². The molecule has 25 aromatic rings. The fraction of sp³-hybridized carbons (Fsp3) is 0. The number of hydrogen-bond acceptors (Lipinski definition) is 8. The lowest BCUT2D eigenvalue weighted by Crippen LogP contribution is -1.98. The Morgan fingerprint density at radius 3 is 1.22 bits per heavy atom. The molecule has 0 N–H and O–H groups in total. The van der Waals surface area contributed by atoms with E-state index in [9.17, 15) is 0 Å². The maximum absolute atomic E-state index is 5.14. The van der Waals surface area contributed by atoms with Gasteiger partial charge in [-0.05, 0) is 121 Å². The van der Waals surface area contributed by atoms with E-state index in [4.69, 9.17) is 19.9 Å². The van der Waals surface area contributed by atoms with Gasteiger partial charge >= 0.3 is 0 Å². The van der Waals surface area contributed by atoms with E-state index in [0.29, 0.717) is 0 Å². The Labute approximate surface area is 670 Å². The van der Waals surface area contributed by atoms with Crippen LogP contribution in [0.1, 0.15) is 0 Å². The number of para-hydroxylation sites is 4. The van der Waals surface area contributed by atoms with Crippen molar-refractivity contribution in [3.63, 3.8) is 0 Å². The SMILES string of the molecule is c1cc(-c2cnc3ccccc3c2)nc(-n2c3ccccc3c3c4sc5ccccc5c4ccc32)c1.c1ccc(-c2cc(-c3ccc(-n4c5ccccc5c5c6sc7ccccc7c6ccc54)cc3)nc(-c3ccccc3)n2)cc1.c1ccc2c(c1)sc1c2ccc2c1c1ccccc1n2-c1ccc(-c2cn3ccccc3n2)cc1. The van der Waals surface area contributed by atoms with E-state index in [0.717, 1.165) is 90.2 Å². The van der Waals surface area contributed by atoms with Crippen LogP contribution < -0.4 is 0 Å². The van der Waals surface area contributed by atoms with Gasteiger partial charge in [0.25, 0.3) is 0 Å². The minimum Gasteiger partial charge on any atom is -0.309 e. The van der Waals surface area contributed by atoms with E-state index in [1.165, 1.54) is 126 Å². The van der Waals surface area contributed by atoms with Gasteiger partial charge in [0, 0.05) is 156 Å². The zero-order chi connectivity index (χ0) is 75.6. The van der Waals surface area contributed by atoms with Crippen molar-refractivity contribution in [1.82, 2.24) is 43.0 Å². The van der Waals surface area contributed by atoms with Gasteiger partial charge in [-0.3, -0.25) is 9.55 Å². The fourth-order valence-electron chi connectivity index (χ4n) is 17.1. The molecule has 0 radical (unpaired) electrons. The van der Waals surface area contributed by atoms with E-state index in [-0.39, 0.29) is 0 Å². The molecule has 115 heavy (non-hydrogen) atoms. The molecule has 0 saturated heterocycles. The maximum atomic E-state index is 5.14. The van der Waals surface area contributed by atoms with Crippen LogP contribution in [-0.4, -0.2) is 43.0 Å². The van der Waals surface area contributed by atoms with Crippen LogP contribution in [0.3, 0.4) is 0 Å². The second-order valence-corrected chi connectivity index (χ2v) is 32.2. The molecule has 0 fully saturated rings. The van der Waals surface area contributed by atoms with E-state index in [1.54, 1.807) is 0 Å². The number of pyridine rings is 3. The van der Waals surface area contributed by atoms with Crippen LogP contribution >= 0.6 is 34.0 Å². The summed E-state index contributed by atoms with van der Waals surface area (Å²) in [5.41, 5.74) is 20.4. The van der Waals surface area contributed by atoms with Gasteiger partial charge in [0.15, 0.2) is 5.82 Å². The normalized spacial score (nSPS) is 11.8. The van der Waals surface area contributed by atoms with Gasteiger partial charge < -0.3 is 13.5 Å². The summed E-state index contributed by atoms with van der Waals surface area (Å²) >= 11 is 5.65. The van der Waals surface area contributed by atoms with Crippen molar-refractivity contribution in [1.29, 1.82) is 0 Å². The van der Waals surface area contributed by atoms with Crippen molar-refractivity contribution in [2.75, 3.05) is 0 Å². The van der Waals surface area contributed by atoms with Crippen molar-refractivity contribution < 1.29 is 0 Å². The third kappa shape index (κ3) is 11.1. The molecule has 0 spiro atoms. The molecular formula is C103H63N9S3. The Morgan fingerprint density at radius 1 is 0.252 bits per heavy atom. The van der Waals surface area contributed by atoms with Gasteiger partial charge in [0.2, 0.25) is 0 Å². The van der Waals surface area contributed by atoms with Crippen LogP contribution in [0.2, 0.25) is 0 Å².